The van der Waals surface area contributed by atoms with Crippen LogP contribution in [0.2, 0.25) is 0 Å². The van der Waals surface area contributed by atoms with Crippen LogP contribution in [0.4, 0.5) is 0 Å². The topological polar surface area (TPSA) is 101 Å². The molecule has 0 saturated carbocycles. The summed E-state index contributed by atoms with van der Waals surface area (Å²) in [5.74, 6) is 1.12. The smallest absolute Gasteiger partial charge is 0.236 e. The van der Waals surface area contributed by atoms with E-state index in [0.717, 1.165) is 79.8 Å². The summed E-state index contributed by atoms with van der Waals surface area (Å²) >= 11 is 0. The van der Waals surface area contributed by atoms with Crippen LogP contribution in [0, 0.1) is 0 Å². The molecular weight excluding hydrogens is 502 g/mol. The van der Waals surface area contributed by atoms with E-state index in [4.69, 9.17) is 0 Å². The first-order valence-electron chi connectivity index (χ1n) is 14.6. The Morgan fingerprint density at radius 2 is 1.82 bits per heavy atom. The predicted octanol–water partition coefficient (Wildman–Crippen LogP) is 4.49. The lowest BCUT2D eigenvalue weighted by atomic mass is 9.87. The van der Waals surface area contributed by atoms with Crippen LogP contribution < -0.4 is 0 Å². The van der Waals surface area contributed by atoms with Crippen LogP contribution in [0.15, 0.2) is 36.7 Å². The molecule has 9 heteroatoms. The fraction of sp³-hybridized carbons (Fsp3) is 0.484. The number of nitrogens with one attached hydrogen (secondary N) is 2. The van der Waals surface area contributed by atoms with Gasteiger partial charge in [0.05, 0.1) is 18.4 Å². The number of H-pyrrole nitrogens is 2. The van der Waals surface area contributed by atoms with Gasteiger partial charge in [-0.2, -0.15) is 5.10 Å². The number of fused-ring (bicyclic) bond motifs is 2. The van der Waals surface area contributed by atoms with Crippen molar-refractivity contribution in [3.8, 4) is 11.3 Å². The molecule has 4 aromatic rings. The average Bonchev–Trinajstić information content (AvgIpc) is 3.51. The number of rotatable bonds is 5. The van der Waals surface area contributed by atoms with Gasteiger partial charge in [-0.05, 0) is 60.4 Å². The average molecular weight is 542 g/mol. The van der Waals surface area contributed by atoms with Crippen molar-refractivity contribution in [2.75, 3.05) is 45.8 Å². The van der Waals surface area contributed by atoms with Crippen molar-refractivity contribution in [1.29, 1.82) is 0 Å². The van der Waals surface area contributed by atoms with Gasteiger partial charge in [0.25, 0.3) is 0 Å². The van der Waals surface area contributed by atoms with Gasteiger partial charge >= 0.3 is 0 Å². The summed E-state index contributed by atoms with van der Waals surface area (Å²) in [6, 6.07) is 8.91. The van der Waals surface area contributed by atoms with Crippen LogP contribution in [0.3, 0.4) is 0 Å². The SMILES string of the molecule is CC(=O)N1CCCN(CC(=O)N2CCC(c3ccc4[nH]c(-c5ccnc6[nH]ncc56)c(C(C)C)c4c3)CC2)CC1. The number of hydrogen-bond donors (Lipinski definition) is 2. The van der Waals surface area contributed by atoms with Gasteiger partial charge in [-0.25, -0.2) is 4.98 Å². The molecule has 3 aromatic heterocycles. The summed E-state index contributed by atoms with van der Waals surface area (Å²) in [6.07, 6.45) is 6.55. The maximum atomic E-state index is 13.1. The third-order valence-electron chi connectivity index (χ3n) is 8.78. The summed E-state index contributed by atoms with van der Waals surface area (Å²) < 4.78 is 0. The van der Waals surface area contributed by atoms with Crippen LogP contribution in [0.5, 0.6) is 0 Å². The predicted molar refractivity (Wildman–Crippen MR) is 157 cm³/mol. The number of benzene rings is 1. The van der Waals surface area contributed by atoms with Crippen molar-refractivity contribution < 1.29 is 9.59 Å². The lowest BCUT2D eigenvalue weighted by molar-refractivity contribution is -0.133. The molecule has 0 atom stereocenters. The number of pyridine rings is 1. The van der Waals surface area contributed by atoms with Crippen LogP contribution in [-0.2, 0) is 9.59 Å². The van der Waals surface area contributed by atoms with Gasteiger partial charge in [0.15, 0.2) is 5.65 Å². The van der Waals surface area contributed by atoms with Gasteiger partial charge in [0.2, 0.25) is 11.8 Å². The minimum Gasteiger partial charge on any atom is -0.354 e. The van der Waals surface area contributed by atoms with E-state index in [0.29, 0.717) is 24.9 Å². The summed E-state index contributed by atoms with van der Waals surface area (Å²) in [6.45, 7) is 11.3. The summed E-state index contributed by atoms with van der Waals surface area (Å²) in [4.78, 5) is 39.1. The number of hydrogen-bond acceptors (Lipinski definition) is 5. The van der Waals surface area contributed by atoms with E-state index in [1.165, 1.54) is 16.5 Å². The van der Waals surface area contributed by atoms with Gasteiger partial charge in [0, 0.05) is 74.2 Å². The highest BCUT2D eigenvalue weighted by atomic mass is 16.2. The first-order chi connectivity index (χ1) is 19.4. The summed E-state index contributed by atoms with van der Waals surface area (Å²) in [7, 11) is 0. The van der Waals surface area contributed by atoms with Crippen LogP contribution in [0.1, 0.15) is 63.0 Å². The molecule has 0 aliphatic carbocycles. The second-order valence-electron chi connectivity index (χ2n) is 11.7. The zero-order valence-electron chi connectivity index (χ0n) is 23.7. The van der Waals surface area contributed by atoms with Crippen molar-refractivity contribution >= 4 is 33.8 Å². The maximum Gasteiger partial charge on any atom is 0.236 e. The molecular formula is C31H39N7O2. The number of amides is 2. The van der Waals surface area contributed by atoms with E-state index < -0.39 is 0 Å². The number of likely N-dealkylation sites (tertiary alicyclic amines) is 1. The van der Waals surface area contributed by atoms with Crippen molar-refractivity contribution in [1.82, 2.24) is 34.9 Å². The highest BCUT2D eigenvalue weighted by Crippen LogP contribution is 2.39. The van der Waals surface area contributed by atoms with E-state index >= 15 is 0 Å². The number of aromatic nitrogens is 4. The van der Waals surface area contributed by atoms with E-state index in [1.807, 2.05) is 22.2 Å². The lowest BCUT2D eigenvalue weighted by Crippen LogP contribution is -2.44. The zero-order chi connectivity index (χ0) is 27.8. The van der Waals surface area contributed by atoms with Crippen molar-refractivity contribution in [3.63, 3.8) is 0 Å². The van der Waals surface area contributed by atoms with Gasteiger partial charge in [-0.3, -0.25) is 19.6 Å². The Labute approximate surface area is 234 Å². The number of nitrogens with zero attached hydrogens (tertiary/aromatic N) is 5. The Hall–Kier alpha value is -3.72. The Balaban J connectivity index is 1.16. The standard InChI is InChI=1S/C31H39N7O2/c1-20(2)29-25-17-23(5-6-27(25)34-30(29)24-7-10-32-31-26(24)18-33-35-31)22-8-13-38(14-9-22)28(40)19-36-11-4-12-37(16-15-36)21(3)39/h5-7,10,17-18,20,22,34H,4,8-9,11-16,19H2,1-3H3,(H,32,33,35). The molecule has 0 bridgehead atoms. The molecule has 0 spiro atoms. The number of aromatic amines is 2. The Morgan fingerprint density at radius 1 is 1.00 bits per heavy atom. The van der Waals surface area contributed by atoms with E-state index in [9.17, 15) is 9.59 Å². The van der Waals surface area contributed by atoms with Gasteiger partial charge in [-0.1, -0.05) is 19.9 Å². The number of piperidine rings is 1. The molecule has 2 fully saturated rings. The van der Waals surface area contributed by atoms with Crippen LogP contribution in [-0.4, -0.2) is 92.5 Å². The van der Waals surface area contributed by atoms with E-state index in [-0.39, 0.29) is 11.8 Å². The zero-order valence-corrected chi connectivity index (χ0v) is 23.7. The quantitative estimate of drug-likeness (QED) is 0.388. The second-order valence-corrected chi connectivity index (χ2v) is 11.7. The second kappa shape index (κ2) is 11.0. The van der Waals surface area contributed by atoms with Crippen molar-refractivity contribution in [2.24, 2.45) is 0 Å². The fourth-order valence-electron chi connectivity index (χ4n) is 6.56. The number of carbonyl (C=O) groups is 2. The third kappa shape index (κ3) is 5.10. The molecule has 2 aliphatic rings. The molecule has 0 radical (unpaired) electrons. The monoisotopic (exact) mass is 541 g/mol. The first kappa shape index (κ1) is 26.5. The van der Waals surface area contributed by atoms with Crippen LogP contribution in [0.25, 0.3) is 33.2 Å². The lowest BCUT2D eigenvalue weighted by Gasteiger charge is -2.33. The highest BCUT2D eigenvalue weighted by Gasteiger charge is 2.27. The number of carbonyl (C=O) groups excluding carboxylic acids is 2. The minimum atomic E-state index is 0.123. The molecule has 5 heterocycles. The highest BCUT2D eigenvalue weighted by molar-refractivity contribution is 5.98. The molecule has 0 unspecified atom stereocenters. The van der Waals surface area contributed by atoms with Gasteiger partial charge in [0.1, 0.15) is 0 Å². The van der Waals surface area contributed by atoms with Crippen LogP contribution >= 0.6 is 0 Å². The largest absolute Gasteiger partial charge is 0.354 e. The molecule has 2 aliphatic heterocycles. The Bertz CT molecular complexity index is 1530. The molecule has 6 rings (SSSR count). The first-order valence-corrected chi connectivity index (χ1v) is 14.6. The Kier molecular flexibility index (Phi) is 7.31. The summed E-state index contributed by atoms with van der Waals surface area (Å²) in [5, 5.41) is 9.49. The van der Waals surface area contributed by atoms with Crippen molar-refractivity contribution in [3.05, 3.63) is 47.8 Å². The molecule has 2 amide bonds. The van der Waals surface area contributed by atoms with E-state index in [1.54, 1.807) is 6.92 Å². The molecule has 2 N–H and O–H groups in total. The fourth-order valence-corrected chi connectivity index (χ4v) is 6.56. The molecule has 1 aromatic carbocycles. The summed E-state index contributed by atoms with van der Waals surface area (Å²) in [5.41, 5.74) is 6.86. The van der Waals surface area contributed by atoms with Gasteiger partial charge in [-0.15, -0.1) is 0 Å². The molecule has 210 valence electrons. The molecule has 9 nitrogen and oxygen atoms in total. The molecule has 2 saturated heterocycles. The molecule has 40 heavy (non-hydrogen) atoms. The Morgan fingerprint density at radius 3 is 2.60 bits per heavy atom. The van der Waals surface area contributed by atoms with Gasteiger partial charge < -0.3 is 14.8 Å². The normalized spacial score (nSPS) is 17.7. The third-order valence-corrected chi connectivity index (χ3v) is 8.78. The van der Waals surface area contributed by atoms with Crippen molar-refractivity contribution in [2.45, 2.75) is 51.9 Å². The minimum absolute atomic E-state index is 0.123. The van der Waals surface area contributed by atoms with E-state index in [2.05, 4.69) is 63.2 Å². The maximum absolute atomic E-state index is 13.1.